The van der Waals surface area contributed by atoms with Gasteiger partial charge in [0.25, 0.3) is 0 Å². The van der Waals surface area contributed by atoms with Gasteiger partial charge in [-0.15, -0.1) is 6.58 Å². The monoisotopic (exact) mass is 392 g/mol. The molecular formula is C19H24N2O5S. The van der Waals surface area contributed by atoms with Crippen LogP contribution in [0.4, 0.5) is 0 Å². The van der Waals surface area contributed by atoms with Crippen LogP contribution < -0.4 is 5.73 Å². The first-order valence-electron chi connectivity index (χ1n) is 8.34. The number of allylic oxidation sites excluding steroid dienone is 1. The second-order valence-corrected chi connectivity index (χ2v) is 6.78. The van der Waals surface area contributed by atoms with E-state index in [0.717, 1.165) is 17.5 Å². The fraction of sp³-hybridized carbons (Fsp3) is 0.368. The molecule has 4 N–H and O–H groups in total. The lowest BCUT2D eigenvalue weighted by molar-refractivity contribution is -0.147. The molecule has 2 atom stereocenters. The topological polar surface area (TPSA) is 121 Å². The quantitative estimate of drug-likeness (QED) is 0.495. The van der Waals surface area contributed by atoms with Gasteiger partial charge in [0.05, 0.1) is 6.54 Å². The maximum Gasteiger partial charge on any atom is 0.326 e. The van der Waals surface area contributed by atoms with Crippen LogP contribution in [0.3, 0.4) is 0 Å². The molecule has 146 valence electrons. The number of benzene rings is 1. The third-order valence-electron chi connectivity index (χ3n) is 4.01. The summed E-state index contributed by atoms with van der Waals surface area (Å²) in [6, 6.07) is 6.17. The summed E-state index contributed by atoms with van der Waals surface area (Å²) in [4.78, 5) is 34.0. The largest absolute Gasteiger partial charge is 0.480 e. The van der Waals surface area contributed by atoms with Gasteiger partial charge in [0.1, 0.15) is 12.1 Å². The van der Waals surface area contributed by atoms with Crippen molar-refractivity contribution in [1.29, 1.82) is 0 Å². The first-order valence-corrected chi connectivity index (χ1v) is 8.75. The maximum absolute atomic E-state index is 10.9. The molecule has 8 heteroatoms. The molecule has 1 aliphatic rings. The molecule has 1 amide bonds. The SMILES string of the molecule is C=CCc1ccc(C[C@H](N)C(=O)O)cc1.CC(=O)N1CC(=S)C[C@H]1C(=O)O. The maximum atomic E-state index is 10.9. The van der Waals surface area contributed by atoms with E-state index in [1.165, 1.54) is 11.8 Å². The van der Waals surface area contributed by atoms with Crippen LogP contribution in [0.15, 0.2) is 36.9 Å². The van der Waals surface area contributed by atoms with E-state index in [9.17, 15) is 14.4 Å². The number of rotatable bonds is 6. The lowest BCUT2D eigenvalue weighted by Crippen LogP contribution is -2.39. The summed E-state index contributed by atoms with van der Waals surface area (Å²) >= 11 is 4.85. The number of carbonyl (C=O) groups excluding carboxylic acids is 1. The Labute approximate surface area is 163 Å². The summed E-state index contributed by atoms with van der Waals surface area (Å²) in [5.74, 6) is -2.18. The summed E-state index contributed by atoms with van der Waals surface area (Å²) in [5.41, 5.74) is 7.54. The Morgan fingerprint density at radius 1 is 1.30 bits per heavy atom. The Kier molecular flexibility index (Phi) is 8.77. The van der Waals surface area contributed by atoms with Crippen molar-refractivity contribution >= 4 is 34.9 Å². The number of hydrogen-bond acceptors (Lipinski definition) is 5. The molecule has 1 saturated heterocycles. The van der Waals surface area contributed by atoms with Crippen LogP contribution >= 0.6 is 12.2 Å². The highest BCUT2D eigenvalue weighted by Gasteiger charge is 2.34. The van der Waals surface area contributed by atoms with Gasteiger partial charge in [-0.3, -0.25) is 9.59 Å². The van der Waals surface area contributed by atoms with E-state index < -0.39 is 24.0 Å². The second-order valence-electron chi connectivity index (χ2n) is 6.20. The van der Waals surface area contributed by atoms with Crippen molar-refractivity contribution in [2.24, 2.45) is 5.73 Å². The highest BCUT2D eigenvalue weighted by Crippen LogP contribution is 2.15. The number of aliphatic carboxylic acids is 2. The molecule has 0 bridgehead atoms. The molecule has 0 aliphatic carbocycles. The molecule has 0 radical (unpaired) electrons. The number of hydrogen-bond donors (Lipinski definition) is 3. The molecule has 0 aromatic heterocycles. The first kappa shape index (κ1) is 22.5. The first-order chi connectivity index (χ1) is 12.6. The number of amides is 1. The number of likely N-dealkylation sites (tertiary alicyclic amines) is 1. The molecule has 27 heavy (non-hydrogen) atoms. The summed E-state index contributed by atoms with van der Waals surface area (Å²) in [6.07, 6.45) is 3.33. The number of nitrogens with two attached hydrogens (primary N) is 1. The van der Waals surface area contributed by atoms with Crippen LogP contribution in [0.5, 0.6) is 0 Å². The van der Waals surface area contributed by atoms with Crippen LogP contribution in [0.25, 0.3) is 0 Å². The standard InChI is InChI=1S/C12H15NO2.C7H9NO3S/c1-2-3-9-4-6-10(7-5-9)8-11(13)12(14)15;1-4(9)8-3-5(12)2-6(8)7(10)11/h2,4-7,11H,1,3,8,13H2,(H,14,15);6H,2-3H2,1H3,(H,10,11)/t11-;6-/m00/s1. The van der Waals surface area contributed by atoms with Crippen LogP contribution in [0.1, 0.15) is 24.5 Å². The minimum Gasteiger partial charge on any atom is -0.480 e. The van der Waals surface area contributed by atoms with Gasteiger partial charge in [0.2, 0.25) is 5.91 Å². The van der Waals surface area contributed by atoms with Crippen molar-refractivity contribution in [3.8, 4) is 0 Å². The van der Waals surface area contributed by atoms with Gasteiger partial charge >= 0.3 is 11.9 Å². The van der Waals surface area contributed by atoms with Gasteiger partial charge in [-0.2, -0.15) is 0 Å². The Morgan fingerprint density at radius 2 is 1.85 bits per heavy atom. The summed E-state index contributed by atoms with van der Waals surface area (Å²) < 4.78 is 0. The van der Waals surface area contributed by atoms with Gasteiger partial charge in [-0.05, 0) is 24.0 Å². The molecule has 0 saturated carbocycles. The zero-order valence-corrected chi connectivity index (χ0v) is 15.9. The molecule has 7 nitrogen and oxygen atoms in total. The highest BCUT2D eigenvalue weighted by molar-refractivity contribution is 7.80. The molecule has 1 fully saturated rings. The lowest BCUT2D eigenvalue weighted by atomic mass is 10.0. The summed E-state index contributed by atoms with van der Waals surface area (Å²) in [7, 11) is 0. The third-order valence-corrected chi connectivity index (χ3v) is 4.31. The van der Waals surface area contributed by atoms with Crippen LogP contribution in [0, 0.1) is 0 Å². The van der Waals surface area contributed by atoms with E-state index in [-0.39, 0.29) is 5.91 Å². The number of carboxylic acid groups (broad SMARTS) is 2. The zero-order chi connectivity index (χ0) is 20.6. The molecule has 1 heterocycles. The Hall–Kier alpha value is -2.58. The number of carboxylic acids is 2. The molecule has 2 rings (SSSR count). The van der Waals surface area contributed by atoms with Crippen molar-refractivity contribution in [3.05, 3.63) is 48.0 Å². The van der Waals surface area contributed by atoms with E-state index in [2.05, 4.69) is 6.58 Å². The van der Waals surface area contributed by atoms with E-state index in [4.69, 9.17) is 28.2 Å². The number of thiocarbonyl (C=S) groups is 1. The fourth-order valence-corrected chi connectivity index (χ4v) is 2.86. The van der Waals surface area contributed by atoms with Crippen molar-refractivity contribution in [3.63, 3.8) is 0 Å². The normalized spacial score (nSPS) is 16.9. The smallest absolute Gasteiger partial charge is 0.326 e. The molecule has 0 spiro atoms. The number of nitrogens with zero attached hydrogens (tertiary/aromatic N) is 1. The van der Waals surface area contributed by atoms with Gasteiger partial charge in [-0.25, -0.2) is 4.79 Å². The minimum absolute atomic E-state index is 0.234. The average Bonchev–Trinajstić information content (AvgIpc) is 3.00. The zero-order valence-electron chi connectivity index (χ0n) is 15.1. The molecule has 1 aliphatic heterocycles. The van der Waals surface area contributed by atoms with Gasteiger partial charge in [0, 0.05) is 18.2 Å². The van der Waals surface area contributed by atoms with Crippen molar-refractivity contribution < 1.29 is 24.6 Å². The molecular weight excluding hydrogens is 368 g/mol. The van der Waals surface area contributed by atoms with E-state index >= 15 is 0 Å². The predicted molar refractivity (Wildman–Crippen MR) is 106 cm³/mol. The Morgan fingerprint density at radius 3 is 2.26 bits per heavy atom. The van der Waals surface area contributed by atoms with Crippen LogP contribution in [0.2, 0.25) is 0 Å². The molecule has 1 aromatic carbocycles. The predicted octanol–water partition coefficient (Wildman–Crippen LogP) is 1.43. The Balaban J connectivity index is 0.000000277. The second kappa shape index (κ2) is 10.5. The summed E-state index contributed by atoms with van der Waals surface area (Å²) in [6.45, 7) is 5.31. The number of carbonyl (C=O) groups is 3. The highest BCUT2D eigenvalue weighted by atomic mass is 32.1. The van der Waals surface area contributed by atoms with Gasteiger partial charge in [-0.1, -0.05) is 42.6 Å². The lowest BCUT2D eigenvalue weighted by Gasteiger charge is -2.18. The molecule has 1 aromatic rings. The van der Waals surface area contributed by atoms with Crippen LogP contribution in [-0.4, -0.2) is 56.5 Å². The Bertz CT molecular complexity index is 693. The van der Waals surface area contributed by atoms with Gasteiger partial charge < -0.3 is 20.8 Å². The summed E-state index contributed by atoms with van der Waals surface area (Å²) in [5, 5.41) is 17.3. The van der Waals surface area contributed by atoms with Gasteiger partial charge in [0.15, 0.2) is 0 Å². The van der Waals surface area contributed by atoms with E-state index in [0.29, 0.717) is 24.3 Å². The third kappa shape index (κ3) is 7.28. The van der Waals surface area contributed by atoms with Crippen molar-refractivity contribution in [2.45, 2.75) is 38.3 Å². The average molecular weight is 392 g/mol. The van der Waals surface area contributed by atoms with E-state index in [1.807, 2.05) is 30.3 Å². The molecule has 0 unspecified atom stereocenters. The van der Waals surface area contributed by atoms with Crippen molar-refractivity contribution in [2.75, 3.05) is 6.54 Å². The van der Waals surface area contributed by atoms with Crippen LogP contribution in [-0.2, 0) is 27.2 Å². The van der Waals surface area contributed by atoms with Crippen molar-refractivity contribution in [1.82, 2.24) is 4.90 Å². The van der Waals surface area contributed by atoms with E-state index in [1.54, 1.807) is 0 Å². The minimum atomic E-state index is -0.981. The fourth-order valence-electron chi connectivity index (χ4n) is 2.56.